The number of hydrogen-bond donors (Lipinski definition) is 2. The van der Waals surface area contributed by atoms with E-state index in [2.05, 4.69) is 16.4 Å². The number of ether oxygens (including phenoxy) is 1. The summed E-state index contributed by atoms with van der Waals surface area (Å²) in [4.78, 5) is 30.4. The minimum absolute atomic E-state index is 0.0116. The van der Waals surface area contributed by atoms with Gasteiger partial charge < -0.3 is 19.9 Å². The zero-order valence-corrected chi connectivity index (χ0v) is 18.1. The quantitative estimate of drug-likeness (QED) is 0.633. The van der Waals surface area contributed by atoms with Gasteiger partial charge in [0.25, 0.3) is 5.91 Å². The number of H-pyrrole nitrogens is 1. The summed E-state index contributed by atoms with van der Waals surface area (Å²) >= 11 is 0. The molecule has 1 fully saturated rings. The molecule has 0 unspecified atom stereocenters. The van der Waals surface area contributed by atoms with E-state index in [-0.39, 0.29) is 11.8 Å². The van der Waals surface area contributed by atoms with Crippen molar-refractivity contribution in [3.63, 3.8) is 0 Å². The molecule has 1 aromatic heterocycles. The van der Waals surface area contributed by atoms with Crippen molar-refractivity contribution >= 4 is 22.7 Å². The first-order chi connectivity index (χ1) is 15.0. The van der Waals surface area contributed by atoms with Crippen LogP contribution in [0, 0.1) is 12.8 Å². The summed E-state index contributed by atoms with van der Waals surface area (Å²) in [5, 5.41) is 4.01. The number of methoxy groups -OCH3 is 1. The van der Waals surface area contributed by atoms with E-state index in [1.807, 2.05) is 54.3 Å². The number of carbonyl (C=O) groups excluding carboxylic acids is 2. The molecule has 1 saturated heterocycles. The SMILES string of the molecule is COc1ccc2cc(C(=O)N3CCC(CC(=O)NCc4cccc(C)c4)CC3)[nH]c2c1. The summed E-state index contributed by atoms with van der Waals surface area (Å²) in [5.41, 5.74) is 3.79. The lowest BCUT2D eigenvalue weighted by molar-refractivity contribution is -0.122. The topological polar surface area (TPSA) is 74.4 Å². The number of piperidine rings is 1. The van der Waals surface area contributed by atoms with Gasteiger partial charge in [0.15, 0.2) is 0 Å². The molecule has 6 heteroatoms. The predicted octanol–water partition coefficient (Wildman–Crippen LogP) is 4.04. The Kier molecular flexibility index (Phi) is 6.26. The predicted molar refractivity (Wildman–Crippen MR) is 121 cm³/mol. The van der Waals surface area contributed by atoms with Crippen LogP contribution in [0.25, 0.3) is 10.9 Å². The fourth-order valence-electron chi connectivity index (χ4n) is 4.22. The lowest BCUT2D eigenvalue weighted by Gasteiger charge is -2.31. The summed E-state index contributed by atoms with van der Waals surface area (Å²) in [6.45, 7) is 3.96. The number of likely N-dealkylation sites (tertiary alicyclic amines) is 1. The van der Waals surface area contributed by atoms with E-state index < -0.39 is 0 Å². The maximum atomic E-state index is 12.9. The van der Waals surface area contributed by atoms with Crippen LogP contribution in [-0.4, -0.2) is 41.9 Å². The lowest BCUT2D eigenvalue weighted by atomic mass is 9.93. The summed E-state index contributed by atoms with van der Waals surface area (Å²) in [5.74, 6) is 1.16. The molecular formula is C25H29N3O3. The number of nitrogens with one attached hydrogen (secondary N) is 2. The summed E-state index contributed by atoms with van der Waals surface area (Å²) in [6, 6.07) is 15.8. The Morgan fingerprint density at radius 3 is 2.68 bits per heavy atom. The Morgan fingerprint density at radius 2 is 1.94 bits per heavy atom. The first-order valence-corrected chi connectivity index (χ1v) is 10.8. The molecule has 0 atom stereocenters. The van der Waals surface area contributed by atoms with Crippen LogP contribution in [0.15, 0.2) is 48.5 Å². The van der Waals surface area contributed by atoms with Gasteiger partial charge in [-0.15, -0.1) is 0 Å². The fraction of sp³-hybridized carbons (Fsp3) is 0.360. The molecule has 2 aromatic carbocycles. The third-order valence-corrected chi connectivity index (χ3v) is 6.01. The Morgan fingerprint density at radius 1 is 1.13 bits per heavy atom. The average Bonchev–Trinajstić information content (AvgIpc) is 3.21. The molecule has 1 aliphatic heterocycles. The number of amides is 2. The fourth-order valence-corrected chi connectivity index (χ4v) is 4.22. The number of hydrogen-bond acceptors (Lipinski definition) is 3. The highest BCUT2D eigenvalue weighted by Crippen LogP contribution is 2.25. The van der Waals surface area contributed by atoms with Crippen LogP contribution in [0.2, 0.25) is 0 Å². The summed E-state index contributed by atoms with van der Waals surface area (Å²) in [6.07, 6.45) is 2.20. The highest BCUT2D eigenvalue weighted by atomic mass is 16.5. The standard InChI is InChI=1S/C25H29N3O3/c1-17-4-3-5-19(12-17)16-26-24(29)13-18-8-10-28(11-9-18)25(30)23-14-20-6-7-21(31-2)15-22(20)27-23/h3-7,12,14-15,18,27H,8-11,13,16H2,1-2H3,(H,26,29). The highest BCUT2D eigenvalue weighted by Gasteiger charge is 2.26. The number of benzene rings is 2. The molecule has 1 aliphatic rings. The van der Waals surface area contributed by atoms with Gasteiger partial charge in [-0.2, -0.15) is 0 Å². The van der Waals surface area contributed by atoms with Crippen LogP contribution in [0.1, 0.15) is 40.9 Å². The van der Waals surface area contributed by atoms with Crippen molar-refractivity contribution in [2.45, 2.75) is 32.7 Å². The molecule has 2 N–H and O–H groups in total. The van der Waals surface area contributed by atoms with E-state index in [0.29, 0.717) is 37.7 Å². The van der Waals surface area contributed by atoms with E-state index in [0.717, 1.165) is 35.1 Å². The van der Waals surface area contributed by atoms with Crippen LogP contribution in [0.5, 0.6) is 5.75 Å². The second kappa shape index (κ2) is 9.25. The largest absolute Gasteiger partial charge is 0.497 e. The second-order valence-electron chi connectivity index (χ2n) is 8.34. The van der Waals surface area contributed by atoms with Crippen molar-refractivity contribution in [1.82, 2.24) is 15.2 Å². The van der Waals surface area contributed by atoms with E-state index in [1.165, 1.54) is 5.56 Å². The van der Waals surface area contributed by atoms with Crippen LogP contribution < -0.4 is 10.1 Å². The van der Waals surface area contributed by atoms with E-state index in [4.69, 9.17) is 4.74 Å². The van der Waals surface area contributed by atoms with Crippen LogP contribution >= 0.6 is 0 Å². The van der Waals surface area contributed by atoms with Crippen molar-refractivity contribution in [3.05, 3.63) is 65.4 Å². The maximum Gasteiger partial charge on any atom is 0.270 e. The number of aromatic amines is 1. The Hall–Kier alpha value is -3.28. The zero-order chi connectivity index (χ0) is 21.8. The maximum absolute atomic E-state index is 12.9. The van der Waals surface area contributed by atoms with Crippen molar-refractivity contribution in [2.75, 3.05) is 20.2 Å². The van der Waals surface area contributed by atoms with Gasteiger partial charge in [0.05, 0.1) is 7.11 Å². The van der Waals surface area contributed by atoms with Crippen LogP contribution in [0.4, 0.5) is 0 Å². The molecule has 2 heterocycles. The van der Waals surface area contributed by atoms with Crippen molar-refractivity contribution in [2.24, 2.45) is 5.92 Å². The molecule has 0 bridgehead atoms. The molecule has 6 nitrogen and oxygen atoms in total. The average molecular weight is 420 g/mol. The van der Waals surface area contributed by atoms with Crippen molar-refractivity contribution in [3.8, 4) is 5.75 Å². The monoisotopic (exact) mass is 419 g/mol. The third kappa shape index (κ3) is 5.08. The van der Waals surface area contributed by atoms with Gasteiger partial charge in [0.1, 0.15) is 11.4 Å². The molecule has 0 radical (unpaired) electrons. The number of aromatic nitrogens is 1. The zero-order valence-electron chi connectivity index (χ0n) is 18.1. The molecule has 3 aromatic rings. The smallest absolute Gasteiger partial charge is 0.270 e. The van der Waals surface area contributed by atoms with Crippen molar-refractivity contribution in [1.29, 1.82) is 0 Å². The molecule has 0 spiro atoms. The van der Waals surface area contributed by atoms with Gasteiger partial charge in [-0.3, -0.25) is 9.59 Å². The van der Waals surface area contributed by atoms with Gasteiger partial charge in [-0.05, 0) is 49.4 Å². The van der Waals surface area contributed by atoms with Crippen LogP contribution in [-0.2, 0) is 11.3 Å². The van der Waals surface area contributed by atoms with E-state index >= 15 is 0 Å². The molecule has 31 heavy (non-hydrogen) atoms. The van der Waals surface area contributed by atoms with E-state index in [1.54, 1.807) is 7.11 Å². The Bertz CT molecular complexity index is 1080. The molecule has 162 valence electrons. The van der Waals surface area contributed by atoms with Crippen LogP contribution in [0.3, 0.4) is 0 Å². The Labute approximate surface area is 182 Å². The van der Waals surface area contributed by atoms with Gasteiger partial charge in [-0.25, -0.2) is 0 Å². The molecule has 0 saturated carbocycles. The van der Waals surface area contributed by atoms with E-state index in [9.17, 15) is 9.59 Å². The normalized spacial score (nSPS) is 14.6. The molecule has 2 amide bonds. The Balaban J connectivity index is 1.27. The minimum Gasteiger partial charge on any atom is -0.497 e. The van der Waals surface area contributed by atoms with Gasteiger partial charge >= 0.3 is 0 Å². The van der Waals surface area contributed by atoms with Gasteiger partial charge in [-0.1, -0.05) is 29.8 Å². The number of nitrogens with zero attached hydrogens (tertiary/aromatic N) is 1. The molecular weight excluding hydrogens is 390 g/mol. The first kappa shape index (κ1) is 21.0. The van der Waals surface area contributed by atoms with Gasteiger partial charge in [0, 0.05) is 43.0 Å². The van der Waals surface area contributed by atoms with Gasteiger partial charge in [0.2, 0.25) is 5.91 Å². The number of aryl methyl sites for hydroxylation is 1. The lowest BCUT2D eigenvalue weighted by Crippen LogP contribution is -2.39. The summed E-state index contributed by atoms with van der Waals surface area (Å²) < 4.78 is 5.25. The van der Waals surface area contributed by atoms with Crippen molar-refractivity contribution < 1.29 is 14.3 Å². The number of fused-ring (bicyclic) bond motifs is 1. The first-order valence-electron chi connectivity index (χ1n) is 10.8. The number of rotatable bonds is 6. The minimum atomic E-state index is 0.0116. The molecule has 0 aliphatic carbocycles. The highest BCUT2D eigenvalue weighted by molar-refractivity contribution is 5.98. The second-order valence-corrected chi connectivity index (χ2v) is 8.34. The molecule has 4 rings (SSSR count). The number of carbonyl (C=O) groups is 2. The third-order valence-electron chi connectivity index (χ3n) is 6.01. The summed E-state index contributed by atoms with van der Waals surface area (Å²) in [7, 11) is 1.63.